The van der Waals surface area contributed by atoms with Gasteiger partial charge < -0.3 is 4.90 Å². The van der Waals surface area contributed by atoms with Crippen LogP contribution >= 0.6 is 0 Å². The van der Waals surface area contributed by atoms with Crippen molar-refractivity contribution < 1.29 is 4.79 Å². The minimum absolute atomic E-state index is 0.0787. The number of rotatable bonds is 4. The van der Waals surface area contributed by atoms with Gasteiger partial charge in [-0.05, 0) is 32.6 Å². The van der Waals surface area contributed by atoms with Crippen molar-refractivity contribution in [2.45, 2.75) is 13.8 Å². The van der Waals surface area contributed by atoms with E-state index in [0.717, 1.165) is 17.9 Å². The number of amides is 1. The molecule has 0 saturated carbocycles. The first-order valence-corrected chi connectivity index (χ1v) is 5.42. The highest BCUT2D eigenvalue weighted by Crippen LogP contribution is 2.11. The minimum Gasteiger partial charge on any atom is -0.313 e. The number of hydrogen-bond donors (Lipinski definition) is 0. The maximum absolute atomic E-state index is 11.9. The van der Waals surface area contributed by atoms with E-state index >= 15 is 0 Å². The van der Waals surface area contributed by atoms with Gasteiger partial charge in [-0.1, -0.05) is 6.92 Å². The molecule has 0 bridgehead atoms. The molecule has 0 radical (unpaired) electrons. The Labute approximate surface area is 96.9 Å². The first kappa shape index (κ1) is 12.6. The maximum atomic E-state index is 11.9. The van der Waals surface area contributed by atoms with Crippen LogP contribution in [0.5, 0.6) is 0 Å². The predicted octanol–water partition coefficient (Wildman–Crippen LogP) is 1.30. The topological polar surface area (TPSA) is 36.4 Å². The van der Waals surface area contributed by atoms with Crippen molar-refractivity contribution in [2.24, 2.45) is 0 Å². The largest absolute Gasteiger partial charge is 0.313 e. The Morgan fingerprint density at radius 3 is 2.56 bits per heavy atom. The lowest BCUT2D eigenvalue weighted by Gasteiger charge is -2.20. The number of aryl methyl sites for hydroxylation is 1. The third kappa shape index (κ3) is 3.31. The number of carbonyl (C=O) groups excluding carboxylic acids is 1. The van der Waals surface area contributed by atoms with E-state index in [-0.39, 0.29) is 5.91 Å². The lowest BCUT2D eigenvalue weighted by molar-refractivity contribution is -0.119. The number of nitrogens with zero attached hydrogens (tertiary/aromatic N) is 3. The van der Waals surface area contributed by atoms with E-state index in [0.29, 0.717) is 6.54 Å². The number of aromatic nitrogens is 1. The lowest BCUT2D eigenvalue weighted by Crippen LogP contribution is -2.36. The van der Waals surface area contributed by atoms with E-state index in [2.05, 4.69) is 4.98 Å². The second-order valence-corrected chi connectivity index (χ2v) is 3.94. The van der Waals surface area contributed by atoms with Gasteiger partial charge >= 0.3 is 0 Å². The summed E-state index contributed by atoms with van der Waals surface area (Å²) in [6, 6.07) is 3.81. The summed E-state index contributed by atoms with van der Waals surface area (Å²) in [5, 5.41) is 0. The van der Waals surface area contributed by atoms with Gasteiger partial charge in [-0.3, -0.25) is 14.7 Å². The fourth-order valence-corrected chi connectivity index (χ4v) is 1.25. The molecule has 4 nitrogen and oxygen atoms in total. The highest BCUT2D eigenvalue weighted by Gasteiger charge is 2.12. The molecule has 1 heterocycles. The number of hydrogen-bond acceptors (Lipinski definition) is 3. The zero-order valence-corrected chi connectivity index (χ0v) is 10.4. The third-order valence-corrected chi connectivity index (χ3v) is 2.60. The first-order chi connectivity index (χ1) is 7.54. The molecule has 0 N–H and O–H groups in total. The van der Waals surface area contributed by atoms with Crippen molar-refractivity contribution in [2.75, 3.05) is 32.1 Å². The number of anilines is 1. The molecule has 0 unspecified atom stereocenters. The summed E-state index contributed by atoms with van der Waals surface area (Å²) in [7, 11) is 3.71. The molecule has 0 fully saturated rings. The van der Waals surface area contributed by atoms with Crippen LogP contribution in [0.4, 0.5) is 5.69 Å². The first-order valence-electron chi connectivity index (χ1n) is 5.42. The van der Waals surface area contributed by atoms with Crippen molar-refractivity contribution in [3.05, 3.63) is 24.0 Å². The average Bonchev–Trinajstić information content (AvgIpc) is 2.28. The number of carbonyl (C=O) groups is 1. The van der Waals surface area contributed by atoms with Gasteiger partial charge in [0.1, 0.15) is 0 Å². The van der Waals surface area contributed by atoms with Gasteiger partial charge in [0.05, 0.1) is 18.4 Å². The molecule has 1 rings (SSSR count). The summed E-state index contributed by atoms with van der Waals surface area (Å²) < 4.78 is 0. The molecule has 1 aromatic rings. The lowest BCUT2D eigenvalue weighted by atomic mass is 10.3. The smallest absolute Gasteiger partial charge is 0.240 e. The summed E-state index contributed by atoms with van der Waals surface area (Å²) >= 11 is 0. The molecule has 0 spiro atoms. The Balaban J connectivity index is 2.66. The molecular weight excluding hydrogens is 202 g/mol. The highest BCUT2D eigenvalue weighted by atomic mass is 16.2. The second-order valence-electron chi connectivity index (χ2n) is 3.94. The number of pyridine rings is 1. The van der Waals surface area contributed by atoms with Gasteiger partial charge in [-0.15, -0.1) is 0 Å². The van der Waals surface area contributed by atoms with Gasteiger partial charge in [0.25, 0.3) is 0 Å². The van der Waals surface area contributed by atoms with E-state index in [1.54, 1.807) is 18.1 Å². The van der Waals surface area contributed by atoms with Crippen LogP contribution in [0.15, 0.2) is 18.3 Å². The van der Waals surface area contributed by atoms with Crippen molar-refractivity contribution in [3.63, 3.8) is 0 Å². The molecule has 0 aliphatic carbocycles. The van der Waals surface area contributed by atoms with Gasteiger partial charge in [0, 0.05) is 12.7 Å². The Hall–Kier alpha value is -1.42. The van der Waals surface area contributed by atoms with Crippen LogP contribution in [0.3, 0.4) is 0 Å². The Morgan fingerprint density at radius 1 is 1.38 bits per heavy atom. The van der Waals surface area contributed by atoms with Gasteiger partial charge in [0.15, 0.2) is 0 Å². The van der Waals surface area contributed by atoms with Gasteiger partial charge in [-0.2, -0.15) is 0 Å². The normalized spacial score (nSPS) is 10.6. The SMILES string of the molecule is CCN(C)CC(=O)N(C)c1ccc(C)nc1. The Bertz CT molecular complexity index is 348. The Morgan fingerprint density at radius 2 is 2.06 bits per heavy atom. The van der Waals surface area contributed by atoms with Crippen LogP contribution in [0.1, 0.15) is 12.6 Å². The molecule has 1 amide bonds. The second kappa shape index (κ2) is 5.61. The van der Waals surface area contributed by atoms with Crippen molar-refractivity contribution >= 4 is 11.6 Å². The summed E-state index contributed by atoms with van der Waals surface area (Å²) in [6.45, 7) is 5.25. The van der Waals surface area contributed by atoms with E-state index in [1.165, 1.54) is 0 Å². The standard InChI is InChI=1S/C12H19N3O/c1-5-14(3)9-12(16)15(4)11-7-6-10(2)13-8-11/h6-8H,5,9H2,1-4H3. The molecule has 0 aliphatic heterocycles. The quantitative estimate of drug-likeness (QED) is 0.769. The summed E-state index contributed by atoms with van der Waals surface area (Å²) in [5.74, 6) is 0.0787. The van der Waals surface area contributed by atoms with Crippen molar-refractivity contribution in [1.29, 1.82) is 0 Å². The van der Waals surface area contributed by atoms with Crippen LogP contribution in [0.25, 0.3) is 0 Å². The number of likely N-dealkylation sites (N-methyl/N-ethyl adjacent to an activating group) is 2. The average molecular weight is 221 g/mol. The molecule has 4 heteroatoms. The fourth-order valence-electron chi connectivity index (χ4n) is 1.25. The van der Waals surface area contributed by atoms with Crippen LogP contribution in [-0.2, 0) is 4.79 Å². The molecule has 88 valence electrons. The Kier molecular flexibility index (Phi) is 4.43. The van der Waals surface area contributed by atoms with Crippen LogP contribution in [0, 0.1) is 6.92 Å². The van der Waals surface area contributed by atoms with Crippen LogP contribution in [-0.4, -0.2) is 43.0 Å². The summed E-state index contributed by atoms with van der Waals surface area (Å²) in [6.07, 6.45) is 1.72. The van der Waals surface area contributed by atoms with Crippen LogP contribution < -0.4 is 4.90 Å². The van der Waals surface area contributed by atoms with Gasteiger partial charge in [-0.25, -0.2) is 0 Å². The summed E-state index contributed by atoms with van der Waals surface area (Å²) in [4.78, 5) is 19.6. The van der Waals surface area contributed by atoms with E-state index in [4.69, 9.17) is 0 Å². The molecule has 0 aromatic carbocycles. The van der Waals surface area contributed by atoms with E-state index in [1.807, 2.05) is 37.9 Å². The monoisotopic (exact) mass is 221 g/mol. The highest BCUT2D eigenvalue weighted by molar-refractivity contribution is 5.94. The fraction of sp³-hybridized carbons (Fsp3) is 0.500. The third-order valence-electron chi connectivity index (χ3n) is 2.60. The zero-order valence-electron chi connectivity index (χ0n) is 10.4. The van der Waals surface area contributed by atoms with Crippen LogP contribution in [0.2, 0.25) is 0 Å². The molecular formula is C12H19N3O. The minimum atomic E-state index is 0.0787. The van der Waals surface area contributed by atoms with E-state index in [9.17, 15) is 4.79 Å². The molecule has 1 aromatic heterocycles. The van der Waals surface area contributed by atoms with Gasteiger partial charge in [0.2, 0.25) is 5.91 Å². The maximum Gasteiger partial charge on any atom is 0.240 e. The zero-order chi connectivity index (χ0) is 12.1. The molecule has 16 heavy (non-hydrogen) atoms. The predicted molar refractivity (Wildman–Crippen MR) is 65.6 cm³/mol. The molecule has 0 atom stereocenters. The molecule has 0 aliphatic rings. The van der Waals surface area contributed by atoms with Crippen molar-refractivity contribution in [1.82, 2.24) is 9.88 Å². The van der Waals surface area contributed by atoms with Crippen molar-refractivity contribution in [3.8, 4) is 0 Å². The molecule has 0 saturated heterocycles. The summed E-state index contributed by atoms with van der Waals surface area (Å²) in [5.41, 5.74) is 1.79. The van der Waals surface area contributed by atoms with E-state index < -0.39 is 0 Å².